The molecule has 0 aliphatic carbocycles. The second-order valence-electron chi connectivity index (χ2n) is 7.83. The SMILES string of the molecule is CCOCCC[Si]1(CC)O[Si](CC)(CC)O[Si](CC)(CC)O[Si](CC)(CC)O1. The fourth-order valence-corrected chi connectivity index (χ4v) is 28.5. The van der Waals surface area contributed by atoms with Gasteiger partial charge < -0.3 is 21.2 Å². The number of rotatable bonds is 12. The van der Waals surface area contributed by atoms with Crippen molar-refractivity contribution in [3.05, 3.63) is 0 Å². The van der Waals surface area contributed by atoms with Crippen LogP contribution in [-0.2, 0) is 21.2 Å². The molecule has 1 fully saturated rings. The molecule has 0 amide bonds. The third kappa shape index (κ3) is 6.33. The van der Waals surface area contributed by atoms with E-state index in [2.05, 4.69) is 55.4 Å². The molecule has 1 aliphatic heterocycles. The molecule has 0 N–H and O–H groups in total. The van der Waals surface area contributed by atoms with Crippen LogP contribution in [0.4, 0.5) is 0 Å². The molecule has 5 nitrogen and oxygen atoms in total. The molecule has 0 atom stereocenters. The molecule has 0 aromatic rings. The van der Waals surface area contributed by atoms with Crippen LogP contribution in [0.5, 0.6) is 0 Å². The van der Waals surface area contributed by atoms with E-state index in [9.17, 15) is 0 Å². The normalized spacial score (nSPS) is 23.1. The molecule has 0 aromatic heterocycles. The summed E-state index contributed by atoms with van der Waals surface area (Å²) >= 11 is 0. The number of hydrogen-bond donors (Lipinski definition) is 0. The van der Waals surface area contributed by atoms with E-state index in [-0.39, 0.29) is 0 Å². The fraction of sp³-hybridized carbons (Fsp3) is 1.00. The van der Waals surface area contributed by atoms with Crippen LogP contribution in [-0.4, -0.2) is 47.5 Å². The highest BCUT2D eigenvalue weighted by molar-refractivity contribution is 6.95. The molecule has 1 heterocycles. The van der Waals surface area contributed by atoms with Crippen LogP contribution in [0.25, 0.3) is 0 Å². The molecule has 0 aromatic carbocycles. The van der Waals surface area contributed by atoms with E-state index in [1.807, 2.05) is 0 Å². The predicted molar refractivity (Wildman–Crippen MR) is 127 cm³/mol. The van der Waals surface area contributed by atoms with Crippen LogP contribution in [0, 0.1) is 0 Å². The van der Waals surface area contributed by atoms with Gasteiger partial charge in [-0.05, 0) is 61.7 Å². The molecule has 28 heavy (non-hydrogen) atoms. The second-order valence-corrected chi connectivity index (χ2v) is 23.8. The van der Waals surface area contributed by atoms with Crippen molar-refractivity contribution in [2.45, 2.75) is 110 Å². The Morgan fingerprint density at radius 1 is 0.500 bits per heavy atom. The smallest absolute Gasteiger partial charge is 0.320 e. The van der Waals surface area contributed by atoms with Crippen LogP contribution in [0.3, 0.4) is 0 Å². The van der Waals surface area contributed by atoms with Crippen molar-refractivity contribution in [3.63, 3.8) is 0 Å². The minimum atomic E-state index is -2.42. The molecule has 1 saturated heterocycles. The quantitative estimate of drug-likeness (QED) is 0.246. The van der Waals surface area contributed by atoms with Crippen molar-refractivity contribution < 1.29 is 21.2 Å². The largest absolute Gasteiger partial charge is 0.415 e. The van der Waals surface area contributed by atoms with Crippen LogP contribution in [0.15, 0.2) is 0 Å². The summed E-state index contributed by atoms with van der Waals surface area (Å²) in [6.45, 7) is 19.3. The molecule has 168 valence electrons. The predicted octanol–water partition coefficient (Wildman–Crippen LogP) is 6.40. The summed E-state index contributed by atoms with van der Waals surface area (Å²) in [5, 5.41) is 0. The van der Waals surface area contributed by atoms with E-state index in [1.54, 1.807) is 0 Å². The van der Waals surface area contributed by atoms with E-state index in [0.717, 1.165) is 68.0 Å². The first kappa shape index (κ1) is 26.7. The van der Waals surface area contributed by atoms with Crippen molar-refractivity contribution in [3.8, 4) is 0 Å². The summed E-state index contributed by atoms with van der Waals surface area (Å²) < 4.78 is 34.2. The summed E-state index contributed by atoms with van der Waals surface area (Å²) in [4.78, 5) is 0. The van der Waals surface area contributed by atoms with Gasteiger partial charge in [0.2, 0.25) is 0 Å². The Morgan fingerprint density at radius 2 is 0.821 bits per heavy atom. The van der Waals surface area contributed by atoms with Crippen molar-refractivity contribution in [2.24, 2.45) is 0 Å². The maximum absolute atomic E-state index is 7.18. The van der Waals surface area contributed by atoms with Gasteiger partial charge in [-0.1, -0.05) is 48.5 Å². The van der Waals surface area contributed by atoms with Gasteiger partial charge in [-0.3, -0.25) is 0 Å². The minimum absolute atomic E-state index is 0.765. The lowest BCUT2D eigenvalue weighted by atomic mass is 10.5. The molecule has 0 bridgehead atoms. The van der Waals surface area contributed by atoms with E-state index >= 15 is 0 Å². The molecule has 1 aliphatic rings. The maximum Gasteiger partial charge on any atom is 0.320 e. The summed E-state index contributed by atoms with van der Waals surface area (Å²) in [7, 11) is -9.43. The molecular formula is C19H46O5Si4. The average molecular weight is 467 g/mol. The van der Waals surface area contributed by atoms with Crippen LogP contribution in [0.2, 0.25) is 48.4 Å². The lowest BCUT2D eigenvalue weighted by Gasteiger charge is -2.53. The maximum atomic E-state index is 7.18. The first-order chi connectivity index (χ1) is 13.3. The van der Waals surface area contributed by atoms with Crippen LogP contribution < -0.4 is 0 Å². The first-order valence-corrected chi connectivity index (χ1v) is 20.6. The summed E-state index contributed by atoms with van der Waals surface area (Å²) in [6, 6.07) is 7.77. The Bertz CT molecular complexity index is 414. The number of ether oxygens (including phenoxy) is 1. The lowest BCUT2D eigenvalue weighted by molar-refractivity contribution is 0.144. The molecule has 1 rings (SSSR count). The second kappa shape index (κ2) is 11.9. The highest BCUT2D eigenvalue weighted by atomic mass is 28.5. The monoisotopic (exact) mass is 466 g/mol. The topological polar surface area (TPSA) is 46.2 Å². The molecular weight excluding hydrogens is 421 g/mol. The first-order valence-electron chi connectivity index (χ1n) is 11.7. The van der Waals surface area contributed by atoms with Gasteiger partial charge in [0.05, 0.1) is 0 Å². The molecule has 0 saturated carbocycles. The van der Waals surface area contributed by atoms with E-state index < -0.39 is 34.2 Å². The summed E-state index contributed by atoms with van der Waals surface area (Å²) in [5.41, 5.74) is 0. The van der Waals surface area contributed by atoms with Gasteiger partial charge >= 0.3 is 34.2 Å². The summed E-state index contributed by atoms with van der Waals surface area (Å²) in [5.74, 6) is 0. The fourth-order valence-electron chi connectivity index (χ4n) is 4.07. The van der Waals surface area contributed by atoms with Crippen LogP contribution in [0.1, 0.15) is 61.8 Å². The van der Waals surface area contributed by atoms with Crippen molar-refractivity contribution in [1.29, 1.82) is 0 Å². The Labute approximate surface area is 178 Å². The third-order valence-corrected chi connectivity index (χ3v) is 26.9. The zero-order valence-corrected chi connectivity index (χ0v) is 23.8. The van der Waals surface area contributed by atoms with Gasteiger partial charge in [0.15, 0.2) is 0 Å². The van der Waals surface area contributed by atoms with Crippen LogP contribution >= 0.6 is 0 Å². The van der Waals surface area contributed by atoms with Crippen molar-refractivity contribution in [1.82, 2.24) is 0 Å². The lowest BCUT2D eigenvalue weighted by Crippen LogP contribution is -2.69. The zero-order chi connectivity index (χ0) is 21.3. The highest BCUT2D eigenvalue weighted by Crippen LogP contribution is 2.42. The molecule has 0 spiro atoms. The highest BCUT2D eigenvalue weighted by Gasteiger charge is 2.59. The van der Waals surface area contributed by atoms with E-state index in [0.29, 0.717) is 0 Å². The standard InChI is InChI=1S/C19H46O5Si4/c1-9-20-18-17-19-28(16-8)23-26(12-4,13-5)21-25(10-2,11-3)22-27(14-6,15-7)24-28/h9-19H2,1-8H3. The molecule has 0 radical (unpaired) electrons. The van der Waals surface area contributed by atoms with Gasteiger partial charge in [-0.2, -0.15) is 0 Å². The van der Waals surface area contributed by atoms with Gasteiger partial charge in [-0.25, -0.2) is 0 Å². The van der Waals surface area contributed by atoms with Gasteiger partial charge in [-0.15, -0.1) is 0 Å². The zero-order valence-electron chi connectivity index (χ0n) is 19.8. The van der Waals surface area contributed by atoms with E-state index in [1.165, 1.54) is 0 Å². The molecule has 9 heteroatoms. The Kier molecular flexibility index (Phi) is 11.3. The number of hydrogen-bond acceptors (Lipinski definition) is 5. The van der Waals surface area contributed by atoms with Gasteiger partial charge in [0, 0.05) is 13.2 Å². The third-order valence-electron chi connectivity index (χ3n) is 6.31. The Balaban J connectivity index is 3.37. The van der Waals surface area contributed by atoms with Crippen molar-refractivity contribution >= 4 is 34.2 Å². The van der Waals surface area contributed by atoms with Crippen molar-refractivity contribution in [2.75, 3.05) is 13.2 Å². The minimum Gasteiger partial charge on any atom is -0.415 e. The summed E-state index contributed by atoms with van der Waals surface area (Å²) in [6.07, 6.45) is 0.994. The van der Waals surface area contributed by atoms with Gasteiger partial charge in [0.25, 0.3) is 0 Å². The van der Waals surface area contributed by atoms with Gasteiger partial charge in [0.1, 0.15) is 0 Å². The Hall–Kier alpha value is 0.668. The van der Waals surface area contributed by atoms with E-state index in [4.69, 9.17) is 21.2 Å². The average Bonchev–Trinajstić information content (AvgIpc) is 2.73. The Morgan fingerprint density at radius 3 is 1.11 bits per heavy atom. The molecule has 0 unspecified atom stereocenters.